The van der Waals surface area contributed by atoms with Crippen molar-refractivity contribution in [2.75, 3.05) is 0 Å². The van der Waals surface area contributed by atoms with Gasteiger partial charge in [-0.15, -0.1) is 9.35 Å². The van der Waals surface area contributed by atoms with Crippen LogP contribution in [0, 0.1) is 36.0 Å². The Hall–Kier alpha value is -3.29. The van der Waals surface area contributed by atoms with Gasteiger partial charge < -0.3 is 0 Å². The van der Waals surface area contributed by atoms with E-state index in [0.29, 0.717) is 4.90 Å². The van der Waals surface area contributed by atoms with E-state index in [4.69, 9.17) is 0 Å². The van der Waals surface area contributed by atoms with Gasteiger partial charge in [0.15, 0.2) is 28.2 Å². The van der Waals surface area contributed by atoms with Gasteiger partial charge in [0, 0.05) is 9.79 Å². The Kier molecular flexibility index (Phi) is 5.96. The topological polar surface area (TPSA) is 80.8 Å². The maximum Gasteiger partial charge on any atom is 0.324 e. The zero-order valence-corrected chi connectivity index (χ0v) is 18.4. The van der Waals surface area contributed by atoms with Gasteiger partial charge in [0.05, 0.1) is 11.1 Å². The molecule has 4 rings (SSSR count). The van der Waals surface area contributed by atoms with E-state index in [1.54, 1.807) is 0 Å². The number of rotatable bonds is 5. The van der Waals surface area contributed by atoms with E-state index in [-0.39, 0.29) is 16.2 Å². The monoisotopic (exact) mass is 515 g/mol. The molecule has 13 heteroatoms. The van der Waals surface area contributed by atoms with Gasteiger partial charge in [-0.1, -0.05) is 29.5 Å². The first-order chi connectivity index (χ1) is 15.9. The molecule has 0 bridgehead atoms. The Morgan fingerprint density at radius 1 is 0.735 bits per heavy atom. The van der Waals surface area contributed by atoms with E-state index in [0.717, 1.165) is 10.5 Å². The molecule has 0 fully saturated rings. The SMILES string of the molecule is Cc1ccc(Sc2ccc3c(c2)C(=O)N(OS(=O)(=O)c2c(F)c(F)c(F)c(F)c2F)C3=O)cc1. The molecule has 0 aliphatic carbocycles. The maximum absolute atomic E-state index is 13.9. The number of imide groups is 1. The lowest BCUT2D eigenvalue weighted by Gasteiger charge is -2.14. The van der Waals surface area contributed by atoms with E-state index >= 15 is 0 Å². The van der Waals surface area contributed by atoms with Crippen LogP contribution in [0.5, 0.6) is 0 Å². The summed E-state index contributed by atoms with van der Waals surface area (Å²) >= 11 is 1.23. The highest BCUT2D eigenvalue weighted by atomic mass is 32.2. The molecule has 0 N–H and O–H groups in total. The maximum atomic E-state index is 13.9. The number of nitrogens with zero attached hydrogens (tertiary/aromatic N) is 1. The zero-order valence-electron chi connectivity index (χ0n) is 16.7. The fourth-order valence-electron chi connectivity index (χ4n) is 3.01. The molecule has 0 atom stereocenters. The third-order valence-electron chi connectivity index (χ3n) is 4.67. The lowest BCUT2D eigenvalue weighted by atomic mass is 10.1. The molecule has 1 aliphatic heterocycles. The number of benzene rings is 3. The van der Waals surface area contributed by atoms with Gasteiger partial charge in [0.25, 0.3) is 11.8 Å². The summed E-state index contributed by atoms with van der Waals surface area (Å²) in [6, 6.07) is 11.3. The third kappa shape index (κ3) is 3.95. The molecule has 2 amide bonds. The minimum absolute atomic E-state index is 0.283. The molecule has 0 radical (unpaired) electrons. The molecular weight excluding hydrogens is 505 g/mol. The van der Waals surface area contributed by atoms with Gasteiger partial charge in [0.1, 0.15) is 0 Å². The van der Waals surface area contributed by atoms with Crippen molar-refractivity contribution in [3.05, 3.63) is 88.2 Å². The predicted molar refractivity (Wildman–Crippen MR) is 107 cm³/mol. The van der Waals surface area contributed by atoms with Crippen LogP contribution in [0.25, 0.3) is 0 Å². The van der Waals surface area contributed by atoms with E-state index in [1.807, 2.05) is 31.2 Å². The summed E-state index contributed by atoms with van der Waals surface area (Å²) in [5, 5.41) is -0.321. The van der Waals surface area contributed by atoms with Crippen molar-refractivity contribution in [1.82, 2.24) is 5.06 Å². The molecule has 0 saturated heterocycles. The summed E-state index contributed by atoms with van der Waals surface area (Å²) in [7, 11) is -5.83. The Balaban J connectivity index is 1.65. The van der Waals surface area contributed by atoms with Crippen LogP contribution in [0.3, 0.4) is 0 Å². The second-order valence-electron chi connectivity index (χ2n) is 6.95. The first kappa shape index (κ1) is 23.9. The summed E-state index contributed by atoms with van der Waals surface area (Å²) in [5.74, 6) is -15.7. The van der Waals surface area contributed by atoms with Crippen LogP contribution in [0.4, 0.5) is 22.0 Å². The second-order valence-corrected chi connectivity index (χ2v) is 9.57. The highest BCUT2D eigenvalue weighted by molar-refractivity contribution is 7.99. The summed E-state index contributed by atoms with van der Waals surface area (Å²) in [4.78, 5) is 24.1. The minimum atomic E-state index is -5.83. The first-order valence-electron chi connectivity index (χ1n) is 9.15. The van der Waals surface area contributed by atoms with Crippen LogP contribution < -0.4 is 0 Å². The first-order valence-corrected chi connectivity index (χ1v) is 11.4. The van der Waals surface area contributed by atoms with Gasteiger partial charge >= 0.3 is 10.1 Å². The largest absolute Gasteiger partial charge is 0.324 e. The van der Waals surface area contributed by atoms with Crippen molar-refractivity contribution in [2.24, 2.45) is 0 Å². The molecule has 3 aromatic carbocycles. The lowest BCUT2D eigenvalue weighted by Crippen LogP contribution is -2.33. The minimum Gasteiger partial charge on any atom is -0.266 e. The normalized spacial score (nSPS) is 13.5. The van der Waals surface area contributed by atoms with Gasteiger partial charge in [0.2, 0.25) is 5.82 Å². The van der Waals surface area contributed by atoms with E-state index in [2.05, 4.69) is 4.28 Å². The van der Waals surface area contributed by atoms with Crippen molar-refractivity contribution in [2.45, 2.75) is 21.6 Å². The number of carbonyl (C=O) groups is 2. The lowest BCUT2D eigenvalue weighted by molar-refractivity contribution is -0.0107. The molecule has 0 saturated carbocycles. The van der Waals surface area contributed by atoms with Crippen molar-refractivity contribution in [3.8, 4) is 0 Å². The van der Waals surface area contributed by atoms with Crippen LogP contribution in [0.2, 0.25) is 0 Å². The van der Waals surface area contributed by atoms with Crippen molar-refractivity contribution >= 4 is 33.7 Å². The number of halogens is 5. The molecule has 3 aromatic rings. The van der Waals surface area contributed by atoms with Gasteiger partial charge in [-0.2, -0.15) is 8.42 Å². The standard InChI is InChI=1S/C21H10F5NO5S2/c1-9-2-4-10(5-3-9)33-11-6-7-12-13(8-11)21(29)27(20(12)28)32-34(30,31)19-17(25)15(23)14(22)16(24)18(19)26/h2-8H,1H3. The van der Waals surface area contributed by atoms with Crippen LogP contribution in [-0.4, -0.2) is 25.3 Å². The summed E-state index contributed by atoms with van der Waals surface area (Å²) in [5.41, 5.74) is 0.447. The smallest absolute Gasteiger partial charge is 0.266 e. The summed E-state index contributed by atoms with van der Waals surface area (Å²) in [6.07, 6.45) is 0. The molecule has 0 unspecified atom stereocenters. The Bertz CT molecular complexity index is 1450. The predicted octanol–water partition coefficient (Wildman–Crippen LogP) is 4.76. The molecule has 0 aromatic heterocycles. The quantitative estimate of drug-likeness (QED) is 0.211. The van der Waals surface area contributed by atoms with E-state index in [1.165, 1.54) is 30.0 Å². The van der Waals surface area contributed by atoms with Crippen LogP contribution in [0.1, 0.15) is 26.3 Å². The van der Waals surface area contributed by atoms with Crippen LogP contribution >= 0.6 is 11.8 Å². The van der Waals surface area contributed by atoms with Crippen LogP contribution in [0.15, 0.2) is 57.2 Å². The molecule has 6 nitrogen and oxygen atoms in total. The molecule has 0 spiro atoms. The number of hydrogen-bond donors (Lipinski definition) is 0. The molecule has 1 aliphatic rings. The highest BCUT2D eigenvalue weighted by Gasteiger charge is 2.43. The average Bonchev–Trinajstić information content (AvgIpc) is 3.02. The third-order valence-corrected chi connectivity index (χ3v) is 6.87. The van der Waals surface area contributed by atoms with Crippen LogP contribution in [-0.2, 0) is 14.4 Å². The fourth-order valence-corrected chi connectivity index (χ4v) is 4.89. The van der Waals surface area contributed by atoms with Crippen molar-refractivity contribution < 1.29 is 44.2 Å². The van der Waals surface area contributed by atoms with E-state index in [9.17, 15) is 40.0 Å². The highest BCUT2D eigenvalue weighted by Crippen LogP contribution is 2.34. The molecule has 1 heterocycles. The number of hydroxylamine groups is 2. The number of carbonyl (C=O) groups excluding carboxylic acids is 2. The Morgan fingerprint density at radius 3 is 1.82 bits per heavy atom. The molecular formula is C21H10F5NO5S2. The number of aryl methyl sites for hydroxylation is 1. The number of hydrogen-bond acceptors (Lipinski definition) is 6. The second kappa shape index (κ2) is 8.49. The number of amides is 2. The Morgan fingerprint density at radius 2 is 1.24 bits per heavy atom. The van der Waals surface area contributed by atoms with Gasteiger partial charge in [-0.05, 0) is 37.3 Å². The number of fused-ring (bicyclic) bond motifs is 1. The molecule has 34 heavy (non-hydrogen) atoms. The average molecular weight is 515 g/mol. The van der Waals surface area contributed by atoms with E-state index < -0.39 is 55.9 Å². The van der Waals surface area contributed by atoms with Gasteiger partial charge in [-0.25, -0.2) is 22.0 Å². The van der Waals surface area contributed by atoms with Crippen molar-refractivity contribution in [1.29, 1.82) is 0 Å². The summed E-state index contributed by atoms with van der Waals surface area (Å²) in [6.45, 7) is 1.89. The summed E-state index contributed by atoms with van der Waals surface area (Å²) < 4.78 is 96.8. The Labute approximate surface area is 193 Å². The molecule has 176 valence electrons. The fraction of sp³-hybridized carbons (Fsp3) is 0.0476. The van der Waals surface area contributed by atoms with Crippen molar-refractivity contribution in [3.63, 3.8) is 0 Å². The zero-order chi connectivity index (χ0) is 24.9. The van der Waals surface area contributed by atoms with Gasteiger partial charge in [-0.3, -0.25) is 9.59 Å².